The topological polar surface area (TPSA) is 78.1 Å². The van der Waals surface area contributed by atoms with Gasteiger partial charge in [0, 0.05) is 10.6 Å². The minimum atomic E-state index is -0.327. The Hall–Kier alpha value is -2.87. The van der Waals surface area contributed by atoms with Gasteiger partial charge in [0.05, 0.1) is 43.0 Å². The number of fused-ring (bicyclic) bond motifs is 5. The number of halogens is 1. The third kappa shape index (κ3) is 2.29. The van der Waals surface area contributed by atoms with E-state index in [-0.39, 0.29) is 6.09 Å². The molecule has 2 aliphatic heterocycles. The van der Waals surface area contributed by atoms with Crippen LogP contribution < -0.4 is 0 Å². The number of amides is 1. The molecule has 1 aromatic carbocycles. The van der Waals surface area contributed by atoms with Gasteiger partial charge in [-0.1, -0.05) is 11.6 Å². The quantitative estimate of drug-likeness (QED) is 0.541. The molecule has 0 atom stereocenters. The van der Waals surface area contributed by atoms with E-state index < -0.39 is 0 Å². The number of carbonyl (C=O) groups excluding carboxylic acids is 1. The van der Waals surface area contributed by atoms with Crippen LogP contribution in [0.15, 0.2) is 24.5 Å². The lowest BCUT2D eigenvalue weighted by Gasteiger charge is -2.10. The molecule has 1 saturated heterocycles. The summed E-state index contributed by atoms with van der Waals surface area (Å²) in [7, 11) is 0. The predicted molar refractivity (Wildman–Crippen MR) is 93.2 cm³/mol. The number of cyclic esters (lactones) is 1. The van der Waals surface area contributed by atoms with E-state index in [4.69, 9.17) is 21.3 Å². The number of carbonyl (C=O) groups is 1. The lowest BCUT2D eigenvalue weighted by molar-refractivity contribution is 0.156. The molecule has 1 amide bonds. The van der Waals surface area contributed by atoms with Crippen LogP contribution in [0.3, 0.4) is 0 Å². The maximum atomic E-state index is 11.7. The van der Waals surface area contributed by atoms with Crippen LogP contribution in [0.1, 0.15) is 17.2 Å². The van der Waals surface area contributed by atoms with Crippen LogP contribution in [-0.4, -0.2) is 48.5 Å². The van der Waals surface area contributed by atoms with Crippen molar-refractivity contribution in [2.45, 2.75) is 20.0 Å². The molecule has 2 aliphatic rings. The molecule has 9 heteroatoms. The van der Waals surface area contributed by atoms with Gasteiger partial charge in [-0.3, -0.25) is 4.90 Å². The Labute approximate surface area is 154 Å². The number of rotatable bonds is 2. The van der Waals surface area contributed by atoms with Gasteiger partial charge < -0.3 is 9.30 Å². The zero-order valence-corrected chi connectivity index (χ0v) is 14.8. The van der Waals surface area contributed by atoms with E-state index in [0.717, 1.165) is 28.5 Å². The minimum absolute atomic E-state index is 0.326. The highest BCUT2D eigenvalue weighted by Gasteiger charge is 2.27. The summed E-state index contributed by atoms with van der Waals surface area (Å²) in [5.74, 6) is 1.31. The number of aryl methyl sites for hydroxylation is 1. The fourth-order valence-electron chi connectivity index (χ4n) is 3.41. The second kappa shape index (κ2) is 5.57. The molecule has 0 radical (unpaired) electrons. The highest BCUT2D eigenvalue weighted by atomic mass is 35.5. The lowest BCUT2D eigenvalue weighted by Crippen LogP contribution is -2.24. The molecule has 26 heavy (non-hydrogen) atoms. The molecule has 0 bridgehead atoms. The highest BCUT2D eigenvalue weighted by Crippen LogP contribution is 2.33. The second-order valence-electron chi connectivity index (χ2n) is 6.35. The normalized spacial score (nSPS) is 15.3. The van der Waals surface area contributed by atoms with Crippen LogP contribution >= 0.6 is 11.6 Å². The van der Waals surface area contributed by atoms with E-state index in [1.54, 1.807) is 4.90 Å². The van der Waals surface area contributed by atoms with Crippen molar-refractivity contribution in [3.63, 3.8) is 0 Å². The summed E-state index contributed by atoms with van der Waals surface area (Å²) < 4.78 is 8.88. The fourth-order valence-corrected chi connectivity index (χ4v) is 3.58. The Morgan fingerprint density at radius 3 is 3.04 bits per heavy atom. The number of hydrogen-bond acceptors (Lipinski definition) is 5. The van der Waals surface area contributed by atoms with Crippen molar-refractivity contribution in [3.8, 4) is 17.1 Å². The average molecular weight is 371 g/mol. The van der Waals surface area contributed by atoms with Crippen molar-refractivity contribution in [1.82, 2.24) is 29.2 Å². The molecule has 0 saturated carbocycles. The summed E-state index contributed by atoms with van der Waals surface area (Å²) in [4.78, 5) is 22.4. The molecule has 0 N–H and O–H groups in total. The summed E-state index contributed by atoms with van der Waals surface area (Å²) in [6.45, 7) is 3.81. The van der Waals surface area contributed by atoms with Crippen molar-refractivity contribution in [3.05, 3.63) is 46.8 Å². The number of ether oxygens (including phenoxy) is 1. The summed E-state index contributed by atoms with van der Waals surface area (Å²) in [5, 5.41) is 5.26. The summed E-state index contributed by atoms with van der Waals surface area (Å²) in [6.07, 6.45) is 1.48. The van der Waals surface area contributed by atoms with E-state index in [0.29, 0.717) is 37.1 Å². The summed E-state index contributed by atoms with van der Waals surface area (Å²) >= 11 is 6.24. The smallest absolute Gasteiger partial charge is 0.410 e. The maximum absolute atomic E-state index is 11.7. The first kappa shape index (κ1) is 15.4. The number of imidazole rings is 1. The van der Waals surface area contributed by atoms with Crippen molar-refractivity contribution < 1.29 is 9.53 Å². The molecule has 2 aromatic heterocycles. The molecule has 3 aromatic rings. The van der Waals surface area contributed by atoms with Gasteiger partial charge in [0.1, 0.15) is 6.61 Å². The fraction of sp³-hybridized carbons (Fsp3) is 0.294. The van der Waals surface area contributed by atoms with Crippen molar-refractivity contribution >= 4 is 17.7 Å². The molecular formula is C17H15ClN6O2. The van der Waals surface area contributed by atoms with Crippen LogP contribution in [0, 0.1) is 6.92 Å². The predicted octanol–water partition coefficient (Wildman–Crippen LogP) is 2.41. The first-order valence-electron chi connectivity index (χ1n) is 8.28. The van der Waals surface area contributed by atoms with E-state index in [9.17, 15) is 4.79 Å². The van der Waals surface area contributed by atoms with Crippen LogP contribution in [0.2, 0.25) is 5.02 Å². The van der Waals surface area contributed by atoms with Crippen LogP contribution in [0.25, 0.3) is 17.1 Å². The third-order valence-electron chi connectivity index (χ3n) is 4.73. The third-order valence-corrected chi connectivity index (χ3v) is 4.96. The van der Waals surface area contributed by atoms with Gasteiger partial charge in [-0.25, -0.2) is 19.4 Å². The summed E-state index contributed by atoms with van der Waals surface area (Å²) in [6, 6.07) is 5.70. The van der Waals surface area contributed by atoms with Crippen molar-refractivity contribution in [1.29, 1.82) is 0 Å². The zero-order valence-electron chi connectivity index (χ0n) is 14.0. The molecule has 0 aliphatic carbocycles. The van der Waals surface area contributed by atoms with Gasteiger partial charge in [-0.05, 0) is 25.1 Å². The van der Waals surface area contributed by atoms with Crippen molar-refractivity contribution in [2.75, 3.05) is 13.2 Å². The molecule has 1 fully saturated rings. The first-order chi connectivity index (χ1) is 12.6. The Bertz CT molecular complexity index is 1040. The molecular weight excluding hydrogens is 356 g/mol. The Morgan fingerprint density at radius 1 is 1.35 bits per heavy atom. The number of aromatic nitrogens is 5. The maximum Gasteiger partial charge on any atom is 0.410 e. The molecule has 4 heterocycles. The van der Waals surface area contributed by atoms with Crippen molar-refractivity contribution in [2.24, 2.45) is 0 Å². The zero-order chi connectivity index (χ0) is 17.8. The van der Waals surface area contributed by atoms with E-state index in [1.807, 2.05) is 36.1 Å². The molecule has 0 spiro atoms. The second-order valence-corrected chi connectivity index (χ2v) is 6.79. The molecule has 0 unspecified atom stereocenters. The van der Waals surface area contributed by atoms with E-state index in [1.165, 1.54) is 0 Å². The van der Waals surface area contributed by atoms with Gasteiger partial charge in [-0.2, -0.15) is 5.10 Å². The first-order valence-corrected chi connectivity index (χ1v) is 8.66. The van der Waals surface area contributed by atoms with Crippen LogP contribution in [-0.2, 0) is 17.8 Å². The van der Waals surface area contributed by atoms with Crippen LogP contribution in [0.5, 0.6) is 0 Å². The number of nitrogens with zero attached hydrogens (tertiary/aromatic N) is 6. The highest BCUT2D eigenvalue weighted by molar-refractivity contribution is 6.31. The Balaban J connectivity index is 1.64. The standard InChI is InChI=1S/C17H15ClN6O2/c1-10-14-7-24-16(20-15(21-24)8-22-4-5-26-17(22)25)12-6-11(18)2-3-13(12)23(14)9-19-10/h2-3,6,9H,4-5,7-8H2,1H3. The van der Waals surface area contributed by atoms with Crippen LogP contribution in [0.4, 0.5) is 4.79 Å². The van der Waals surface area contributed by atoms with Gasteiger partial charge in [0.25, 0.3) is 0 Å². The van der Waals surface area contributed by atoms with Gasteiger partial charge >= 0.3 is 6.09 Å². The summed E-state index contributed by atoms with van der Waals surface area (Å²) in [5.41, 5.74) is 3.84. The monoisotopic (exact) mass is 370 g/mol. The van der Waals surface area contributed by atoms with Gasteiger partial charge in [0.15, 0.2) is 11.6 Å². The molecule has 5 rings (SSSR count). The SMILES string of the molecule is Cc1ncn2c1Cn1nc(CN3CCOC3=O)nc1-c1cc(Cl)ccc1-2. The van der Waals surface area contributed by atoms with E-state index >= 15 is 0 Å². The minimum Gasteiger partial charge on any atom is -0.448 e. The van der Waals surface area contributed by atoms with E-state index in [2.05, 4.69) is 14.6 Å². The largest absolute Gasteiger partial charge is 0.448 e. The van der Waals surface area contributed by atoms with Gasteiger partial charge in [0.2, 0.25) is 0 Å². The number of hydrogen-bond donors (Lipinski definition) is 0. The average Bonchev–Trinajstić information content (AvgIpc) is 3.28. The Morgan fingerprint density at radius 2 is 2.23 bits per heavy atom. The number of benzene rings is 1. The Kier molecular flexibility index (Phi) is 3.30. The molecule has 132 valence electrons. The van der Waals surface area contributed by atoms with Gasteiger partial charge in [-0.15, -0.1) is 0 Å². The molecule has 8 nitrogen and oxygen atoms in total. The lowest BCUT2D eigenvalue weighted by atomic mass is 10.1.